The first-order chi connectivity index (χ1) is 14.8. The molecule has 1 atom stereocenters. The minimum absolute atomic E-state index is 0.0445. The predicted octanol–water partition coefficient (Wildman–Crippen LogP) is 2.20. The van der Waals surface area contributed by atoms with Gasteiger partial charge in [-0.05, 0) is 24.1 Å². The van der Waals surface area contributed by atoms with E-state index < -0.39 is 22.8 Å². The van der Waals surface area contributed by atoms with Gasteiger partial charge in [0, 0.05) is 14.1 Å². The Labute approximate surface area is 178 Å². The SMILES string of the molecule is CCC(Nc1c(Nc2cccc(C(N)=O)c2O)c(=O)n(C)n(C)c1=O)c1ccccc1. The van der Waals surface area contributed by atoms with E-state index in [2.05, 4.69) is 10.6 Å². The first-order valence-electron chi connectivity index (χ1n) is 9.76. The molecule has 3 rings (SSSR count). The van der Waals surface area contributed by atoms with Crippen LogP contribution in [0.5, 0.6) is 5.75 Å². The number of anilines is 3. The lowest BCUT2D eigenvalue weighted by molar-refractivity contribution is 0.0998. The first-order valence-corrected chi connectivity index (χ1v) is 9.76. The number of nitrogens with two attached hydrogens (primary N) is 1. The number of amides is 1. The Bertz CT molecular complexity index is 1230. The van der Waals surface area contributed by atoms with Crippen molar-refractivity contribution in [2.45, 2.75) is 19.4 Å². The second-order valence-corrected chi connectivity index (χ2v) is 7.11. The summed E-state index contributed by atoms with van der Waals surface area (Å²) in [6.45, 7) is 1.96. The topological polar surface area (TPSA) is 131 Å². The van der Waals surface area contributed by atoms with Crippen LogP contribution in [0.1, 0.15) is 35.3 Å². The maximum Gasteiger partial charge on any atom is 0.290 e. The molecule has 0 saturated heterocycles. The van der Waals surface area contributed by atoms with Gasteiger partial charge < -0.3 is 21.5 Å². The molecular weight excluding hydrogens is 398 g/mol. The van der Waals surface area contributed by atoms with Gasteiger partial charge in [0.05, 0.1) is 17.3 Å². The molecule has 0 aliphatic rings. The van der Waals surface area contributed by atoms with Gasteiger partial charge in [-0.2, -0.15) is 0 Å². The number of rotatable bonds is 7. The minimum Gasteiger partial charge on any atom is -0.505 e. The Hall–Kier alpha value is -4.01. The summed E-state index contributed by atoms with van der Waals surface area (Å²) in [7, 11) is 2.96. The smallest absolute Gasteiger partial charge is 0.290 e. The molecule has 5 N–H and O–H groups in total. The molecule has 31 heavy (non-hydrogen) atoms. The van der Waals surface area contributed by atoms with Crippen LogP contribution in [0.15, 0.2) is 58.1 Å². The fraction of sp³-hybridized carbons (Fsp3) is 0.227. The van der Waals surface area contributed by atoms with Gasteiger partial charge in [-0.25, -0.2) is 9.36 Å². The quantitative estimate of drug-likeness (QED) is 0.431. The predicted molar refractivity (Wildman–Crippen MR) is 120 cm³/mol. The van der Waals surface area contributed by atoms with Crippen LogP contribution < -0.4 is 27.5 Å². The summed E-state index contributed by atoms with van der Waals surface area (Å²) >= 11 is 0. The summed E-state index contributed by atoms with van der Waals surface area (Å²) in [5.41, 5.74) is 5.33. The molecule has 0 bridgehead atoms. The Morgan fingerprint density at radius 2 is 1.61 bits per heavy atom. The highest BCUT2D eigenvalue weighted by Crippen LogP contribution is 2.31. The van der Waals surface area contributed by atoms with E-state index in [1.807, 2.05) is 37.3 Å². The van der Waals surface area contributed by atoms with Crippen LogP contribution in [0.3, 0.4) is 0 Å². The van der Waals surface area contributed by atoms with Crippen molar-refractivity contribution >= 4 is 23.0 Å². The molecule has 0 spiro atoms. The number of nitrogens with one attached hydrogen (secondary N) is 2. The number of para-hydroxylation sites is 1. The van der Waals surface area contributed by atoms with Crippen LogP contribution in [0, 0.1) is 0 Å². The monoisotopic (exact) mass is 423 g/mol. The van der Waals surface area contributed by atoms with Gasteiger partial charge in [0.2, 0.25) is 0 Å². The Morgan fingerprint density at radius 1 is 1.00 bits per heavy atom. The maximum absolute atomic E-state index is 13.1. The third-order valence-electron chi connectivity index (χ3n) is 5.21. The van der Waals surface area contributed by atoms with Crippen LogP contribution in [-0.4, -0.2) is 20.4 Å². The van der Waals surface area contributed by atoms with Crippen LogP contribution in [0.25, 0.3) is 0 Å². The summed E-state index contributed by atoms with van der Waals surface area (Å²) < 4.78 is 2.36. The van der Waals surface area contributed by atoms with E-state index in [4.69, 9.17) is 5.73 Å². The molecule has 0 aliphatic heterocycles. The number of aromatic nitrogens is 2. The normalized spacial score (nSPS) is 11.7. The number of nitrogens with zero attached hydrogens (tertiary/aromatic N) is 2. The molecular formula is C22H25N5O4. The second-order valence-electron chi connectivity index (χ2n) is 7.11. The highest BCUT2D eigenvalue weighted by Gasteiger charge is 2.21. The average molecular weight is 423 g/mol. The molecule has 0 aliphatic carbocycles. The van der Waals surface area contributed by atoms with E-state index >= 15 is 0 Å². The minimum atomic E-state index is -0.813. The van der Waals surface area contributed by atoms with Crippen molar-refractivity contribution in [1.82, 2.24) is 9.36 Å². The van der Waals surface area contributed by atoms with Crippen molar-refractivity contribution < 1.29 is 9.90 Å². The van der Waals surface area contributed by atoms with Gasteiger partial charge in [-0.15, -0.1) is 0 Å². The summed E-state index contributed by atoms with van der Waals surface area (Å²) in [6.07, 6.45) is 0.657. The van der Waals surface area contributed by atoms with Crippen LogP contribution in [0.2, 0.25) is 0 Å². The molecule has 0 saturated carbocycles. The number of carbonyl (C=O) groups excluding carboxylic acids is 1. The molecule has 3 aromatic rings. The Kier molecular flexibility index (Phi) is 6.15. The molecule has 2 aromatic carbocycles. The summed E-state index contributed by atoms with van der Waals surface area (Å²) in [5.74, 6) is -1.22. The van der Waals surface area contributed by atoms with Crippen molar-refractivity contribution in [2.24, 2.45) is 19.8 Å². The summed E-state index contributed by atoms with van der Waals surface area (Å²) in [6, 6.07) is 13.7. The molecule has 1 aromatic heterocycles. The second kappa shape index (κ2) is 8.78. The van der Waals surface area contributed by atoms with Crippen molar-refractivity contribution in [3.8, 4) is 5.75 Å². The number of carbonyl (C=O) groups is 1. The standard InChI is InChI=1S/C22H25N5O4/c1-4-15(13-9-6-5-7-10-13)24-17-18(22(31)27(3)26(2)21(17)30)25-16-12-8-11-14(19(16)28)20(23)29/h5-12,15,24-25,28H,4H2,1-3H3,(H2,23,29). The lowest BCUT2D eigenvalue weighted by Crippen LogP contribution is -2.38. The Morgan fingerprint density at radius 3 is 2.19 bits per heavy atom. The molecule has 1 heterocycles. The number of hydrogen-bond donors (Lipinski definition) is 4. The molecule has 1 unspecified atom stereocenters. The highest BCUT2D eigenvalue weighted by atomic mass is 16.3. The largest absolute Gasteiger partial charge is 0.505 e. The van der Waals surface area contributed by atoms with Gasteiger partial charge in [0.1, 0.15) is 11.4 Å². The zero-order chi connectivity index (χ0) is 22.7. The van der Waals surface area contributed by atoms with E-state index in [0.29, 0.717) is 6.42 Å². The average Bonchev–Trinajstić information content (AvgIpc) is 2.77. The van der Waals surface area contributed by atoms with Crippen molar-refractivity contribution in [2.75, 3.05) is 10.6 Å². The molecule has 0 fully saturated rings. The molecule has 1 amide bonds. The van der Waals surface area contributed by atoms with Gasteiger partial charge in [-0.1, -0.05) is 43.3 Å². The maximum atomic E-state index is 13.1. The van der Waals surface area contributed by atoms with E-state index in [-0.39, 0.29) is 28.7 Å². The third-order valence-corrected chi connectivity index (χ3v) is 5.21. The van der Waals surface area contributed by atoms with Crippen LogP contribution in [0.4, 0.5) is 17.1 Å². The first kappa shape index (κ1) is 21.7. The van der Waals surface area contributed by atoms with E-state index in [1.165, 1.54) is 37.0 Å². The van der Waals surface area contributed by atoms with E-state index in [0.717, 1.165) is 10.2 Å². The number of aromatic hydroxyl groups is 1. The van der Waals surface area contributed by atoms with Crippen molar-refractivity contribution in [3.63, 3.8) is 0 Å². The third kappa shape index (κ3) is 4.16. The number of benzene rings is 2. The van der Waals surface area contributed by atoms with Gasteiger partial charge in [0.25, 0.3) is 17.0 Å². The fourth-order valence-corrected chi connectivity index (χ4v) is 3.32. The van der Waals surface area contributed by atoms with Gasteiger partial charge >= 0.3 is 0 Å². The van der Waals surface area contributed by atoms with Gasteiger partial charge in [0.15, 0.2) is 5.75 Å². The van der Waals surface area contributed by atoms with Crippen molar-refractivity contribution in [1.29, 1.82) is 0 Å². The van der Waals surface area contributed by atoms with Gasteiger partial charge in [-0.3, -0.25) is 14.4 Å². The van der Waals surface area contributed by atoms with Crippen LogP contribution >= 0.6 is 0 Å². The zero-order valence-corrected chi connectivity index (χ0v) is 17.5. The fourth-order valence-electron chi connectivity index (χ4n) is 3.32. The molecule has 162 valence electrons. The highest BCUT2D eigenvalue weighted by molar-refractivity contribution is 5.98. The van der Waals surface area contributed by atoms with E-state index in [1.54, 1.807) is 0 Å². The number of primary amides is 1. The Balaban J connectivity index is 2.15. The van der Waals surface area contributed by atoms with Crippen LogP contribution in [-0.2, 0) is 14.1 Å². The van der Waals surface area contributed by atoms with Crippen molar-refractivity contribution in [3.05, 3.63) is 80.4 Å². The molecule has 9 heteroatoms. The van der Waals surface area contributed by atoms with E-state index in [9.17, 15) is 19.5 Å². The number of phenols is 1. The molecule has 9 nitrogen and oxygen atoms in total. The lowest BCUT2D eigenvalue weighted by atomic mass is 10.0. The zero-order valence-electron chi connectivity index (χ0n) is 17.5. The lowest BCUT2D eigenvalue weighted by Gasteiger charge is -2.22. The summed E-state index contributed by atoms with van der Waals surface area (Å²) in [5, 5.41) is 16.4. The number of hydrogen-bond acceptors (Lipinski definition) is 6. The molecule has 0 radical (unpaired) electrons. The summed E-state index contributed by atoms with van der Waals surface area (Å²) in [4.78, 5) is 37.6.